The molecule has 0 bridgehead atoms. The first-order valence-corrected chi connectivity index (χ1v) is 4.72. The Hall–Kier alpha value is -0.770. The molecule has 1 rings (SSSR count). The summed E-state index contributed by atoms with van der Waals surface area (Å²) in [6.07, 6.45) is 6.25. The van der Waals surface area contributed by atoms with Gasteiger partial charge in [-0.15, -0.1) is 0 Å². The molecule has 0 aliphatic carbocycles. The Labute approximate surface area is 69.8 Å². The maximum atomic E-state index is 10.2. The number of aromatic nitrogens is 2. The molecule has 1 aromatic heterocycles. The molecule has 0 unspecified atom stereocenters. The average Bonchev–Trinajstić information content (AvgIpc) is 2.48. The zero-order valence-electron chi connectivity index (χ0n) is 6.36. The number of aryl methyl sites for hydroxylation is 1. The van der Waals surface area contributed by atoms with Gasteiger partial charge in [0.1, 0.15) is 5.69 Å². The van der Waals surface area contributed by atoms with E-state index in [4.69, 9.17) is 0 Å². The second-order valence-electron chi connectivity index (χ2n) is 2.15. The number of aldehydes is 1. The number of thioether (sulfide) groups is 1. The molecule has 1 aromatic rings. The van der Waals surface area contributed by atoms with Gasteiger partial charge in [-0.25, -0.2) is 4.98 Å². The molecule has 0 atom stereocenters. The van der Waals surface area contributed by atoms with E-state index in [1.54, 1.807) is 24.3 Å². The van der Waals surface area contributed by atoms with Crippen molar-refractivity contribution >= 4 is 18.0 Å². The highest BCUT2D eigenvalue weighted by molar-refractivity contribution is 7.98. The van der Waals surface area contributed by atoms with Crippen molar-refractivity contribution in [2.24, 2.45) is 0 Å². The lowest BCUT2D eigenvalue weighted by atomic mass is 10.5. The van der Waals surface area contributed by atoms with Gasteiger partial charge in [0, 0.05) is 18.5 Å². The molecule has 3 nitrogen and oxygen atoms in total. The van der Waals surface area contributed by atoms with Crippen LogP contribution in [0.3, 0.4) is 0 Å². The molecule has 0 N–H and O–H groups in total. The summed E-state index contributed by atoms with van der Waals surface area (Å²) in [6.45, 7) is 0.919. The Bertz CT molecular complexity index is 234. The first-order valence-electron chi connectivity index (χ1n) is 3.32. The molecular formula is C7H10N2OS. The summed E-state index contributed by atoms with van der Waals surface area (Å²) in [4.78, 5) is 14.1. The summed E-state index contributed by atoms with van der Waals surface area (Å²) in [6, 6.07) is 0. The molecule has 1 heterocycles. The lowest BCUT2D eigenvalue weighted by Gasteiger charge is -1.96. The highest BCUT2D eigenvalue weighted by Gasteiger charge is 1.94. The maximum absolute atomic E-state index is 10.2. The van der Waals surface area contributed by atoms with Crippen LogP contribution >= 0.6 is 11.8 Å². The first-order chi connectivity index (χ1) is 5.36. The lowest BCUT2D eigenvalue weighted by Crippen LogP contribution is -1.95. The van der Waals surface area contributed by atoms with E-state index in [-0.39, 0.29) is 0 Å². The minimum Gasteiger partial charge on any atom is -0.336 e. The van der Waals surface area contributed by atoms with Crippen LogP contribution in [0.25, 0.3) is 0 Å². The molecule has 0 aliphatic heterocycles. The van der Waals surface area contributed by atoms with Gasteiger partial charge in [-0.2, -0.15) is 11.8 Å². The van der Waals surface area contributed by atoms with Gasteiger partial charge < -0.3 is 4.57 Å². The molecule has 60 valence electrons. The third kappa shape index (κ3) is 2.38. The highest BCUT2D eigenvalue weighted by atomic mass is 32.2. The van der Waals surface area contributed by atoms with Gasteiger partial charge >= 0.3 is 0 Å². The number of hydrogen-bond donors (Lipinski definition) is 0. The summed E-state index contributed by atoms with van der Waals surface area (Å²) in [5, 5.41) is 0. The monoisotopic (exact) mass is 170 g/mol. The molecular weight excluding hydrogens is 160 g/mol. The molecule has 11 heavy (non-hydrogen) atoms. The predicted molar refractivity (Wildman–Crippen MR) is 46.0 cm³/mol. The molecule has 0 aliphatic rings. The summed E-state index contributed by atoms with van der Waals surface area (Å²) < 4.78 is 1.92. The van der Waals surface area contributed by atoms with Gasteiger partial charge in [-0.3, -0.25) is 4.79 Å². The Kier molecular flexibility index (Phi) is 3.16. The number of imidazole rings is 1. The standard InChI is InChI=1S/C7H10N2OS/c1-11-3-2-9-4-7(5-10)8-6-9/h4-6H,2-3H2,1H3. The number of hydrogen-bond acceptors (Lipinski definition) is 3. The van der Waals surface area contributed by atoms with Crippen molar-refractivity contribution < 1.29 is 4.79 Å². The van der Waals surface area contributed by atoms with E-state index < -0.39 is 0 Å². The normalized spacial score (nSPS) is 9.91. The summed E-state index contributed by atoms with van der Waals surface area (Å²) in [7, 11) is 0. The number of nitrogens with zero attached hydrogens (tertiary/aromatic N) is 2. The van der Waals surface area contributed by atoms with Crippen molar-refractivity contribution in [3.05, 3.63) is 18.2 Å². The summed E-state index contributed by atoms with van der Waals surface area (Å²) in [5.74, 6) is 1.05. The summed E-state index contributed by atoms with van der Waals surface area (Å²) in [5.41, 5.74) is 0.506. The van der Waals surface area contributed by atoms with E-state index in [0.29, 0.717) is 5.69 Å². The molecule has 0 amide bonds. The van der Waals surface area contributed by atoms with Gasteiger partial charge in [0.25, 0.3) is 0 Å². The SMILES string of the molecule is CSCCn1cnc(C=O)c1. The van der Waals surface area contributed by atoms with E-state index in [1.807, 2.05) is 4.57 Å². The second kappa shape index (κ2) is 4.18. The summed E-state index contributed by atoms with van der Waals surface area (Å²) >= 11 is 1.78. The van der Waals surface area contributed by atoms with E-state index in [2.05, 4.69) is 11.2 Å². The Balaban J connectivity index is 2.51. The average molecular weight is 170 g/mol. The quantitative estimate of drug-likeness (QED) is 0.634. The molecule has 0 radical (unpaired) electrons. The van der Waals surface area contributed by atoms with Crippen LogP contribution in [-0.4, -0.2) is 27.8 Å². The van der Waals surface area contributed by atoms with Crippen molar-refractivity contribution in [2.75, 3.05) is 12.0 Å². The highest BCUT2D eigenvalue weighted by Crippen LogP contribution is 1.97. The Morgan fingerprint density at radius 2 is 2.64 bits per heavy atom. The zero-order chi connectivity index (χ0) is 8.10. The first kappa shape index (κ1) is 8.33. The molecule has 0 aromatic carbocycles. The smallest absolute Gasteiger partial charge is 0.169 e. The van der Waals surface area contributed by atoms with Crippen LogP contribution in [0.5, 0.6) is 0 Å². The van der Waals surface area contributed by atoms with E-state index >= 15 is 0 Å². The van der Waals surface area contributed by atoms with Crippen molar-refractivity contribution in [3.8, 4) is 0 Å². The molecule has 0 spiro atoms. The molecule has 0 fully saturated rings. The predicted octanol–water partition coefficient (Wildman–Crippen LogP) is 1.06. The fourth-order valence-corrected chi connectivity index (χ4v) is 1.15. The van der Waals surface area contributed by atoms with Crippen molar-refractivity contribution in [1.29, 1.82) is 0 Å². The van der Waals surface area contributed by atoms with Gasteiger partial charge in [-0.05, 0) is 6.26 Å². The Morgan fingerprint density at radius 1 is 1.82 bits per heavy atom. The fourth-order valence-electron chi connectivity index (χ4n) is 0.757. The number of rotatable bonds is 4. The van der Waals surface area contributed by atoms with Crippen LogP contribution in [0.4, 0.5) is 0 Å². The number of carbonyl (C=O) groups excluding carboxylic acids is 1. The third-order valence-electron chi connectivity index (χ3n) is 1.33. The fraction of sp³-hybridized carbons (Fsp3) is 0.429. The van der Waals surface area contributed by atoms with E-state index in [0.717, 1.165) is 18.6 Å². The van der Waals surface area contributed by atoms with Crippen LogP contribution in [0.15, 0.2) is 12.5 Å². The van der Waals surface area contributed by atoms with Crippen LogP contribution in [0.2, 0.25) is 0 Å². The van der Waals surface area contributed by atoms with Crippen LogP contribution in [0.1, 0.15) is 10.5 Å². The van der Waals surface area contributed by atoms with Crippen LogP contribution in [0, 0.1) is 0 Å². The maximum Gasteiger partial charge on any atom is 0.169 e. The third-order valence-corrected chi connectivity index (χ3v) is 1.92. The van der Waals surface area contributed by atoms with Gasteiger partial charge in [0.2, 0.25) is 0 Å². The minimum atomic E-state index is 0.506. The van der Waals surface area contributed by atoms with Crippen molar-refractivity contribution in [1.82, 2.24) is 9.55 Å². The molecule has 4 heteroatoms. The van der Waals surface area contributed by atoms with Crippen LogP contribution in [-0.2, 0) is 6.54 Å². The molecule has 0 saturated heterocycles. The van der Waals surface area contributed by atoms with Crippen LogP contribution < -0.4 is 0 Å². The van der Waals surface area contributed by atoms with Gasteiger partial charge in [0.15, 0.2) is 6.29 Å². The second-order valence-corrected chi connectivity index (χ2v) is 3.13. The van der Waals surface area contributed by atoms with Crippen molar-refractivity contribution in [2.45, 2.75) is 6.54 Å². The zero-order valence-corrected chi connectivity index (χ0v) is 7.17. The van der Waals surface area contributed by atoms with Crippen molar-refractivity contribution in [3.63, 3.8) is 0 Å². The lowest BCUT2D eigenvalue weighted by molar-refractivity contribution is 0.111. The van der Waals surface area contributed by atoms with E-state index in [9.17, 15) is 4.79 Å². The Morgan fingerprint density at radius 3 is 3.18 bits per heavy atom. The van der Waals surface area contributed by atoms with E-state index in [1.165, 1.54) is 0 Å². The van der Waals surface area contributed by atoms with Gasteiger partial charge in [-0.1, -0.05) is 0 Å². The topological polar surface area (TPSA) is 34.9 Å². The van der Waals surface area contributed by atoms with Gasteiger partial charge in [0.05, 0.1) is 6.33 Å². The minimum absolute atomic E-state index is 0.506. The largest absolute Gasteiger partial charge is 0.336 e. The number of carbonyl (C=O) groups is 1. The molecule has 0 saturated carbocycles.